The Morgan fingerprint density at radius 3 is 2.76 bits per heavy atom. The first kappa shape index (κ1) is 22.8. The maximum Gasteiger partial charge on any atom is 0.260 e. The van der Waals surface area contributed by atoms with Crippen molar-refractivity contribution in [2.24, 2.45) is 0 Å². The van der Waals surface area contributed by atoms with Gasteiger partial charge in [0.25, 0.3) is 5.91 Å². The zero-order valence-electron chi connectivity index (χ0n) is 20.1. The van der Waals surface area contributed by atoms with Crippen LogP contribution in [0.5, 0.6) is 0 Å². The molecule has 0 aromatic heterocycles. The number of likely N-dealkylation sites (tertiary alicyclic amines) is 1. The quantitative estimate of drug-likeness (QED) is 0.598. The zero-order valence-corrected chi connectivity index (χ0v) is 20.1. The van der Waals surface area contributed by atoms with Gasteiger partial charge in [-0.05, 0) is 75.2 Å². The number of halogens is 1. The van der Waals surface area contributed by atoms with Crippen LogP contribution in [0.3, 0.4) is 0 Å². The summed E-state index contributed by atoms with van der Waals surface area (Å²) in [5, 5.41) is 6.42. The van der Waals surface area contributed by atoms with Crippen molar-refractivity contribution >= 4 is 22.7 Å². The van der Waals surface area contributed by atoms with Gasteiger partial charge in [0.15, 0.2) is 0 Å². The standard InChI is InChI=1S/C28H32FN3O2/c1-4-32-13-5-6-21(32)17-30-16-18-7-9-19(10-8-18)23-15-25(34-28(23,2)3)26-22-14-20(29)11-12-24(22)31-27(26)33/h7-12,14-15,21,30H,4-6,13,16-17H2,1-3H3,(H,31,33)/b26-25+. The van der Waals surface area contributed by atoms with Crippen LogP contribution in [0.15, 0.2) is 54.3 Å². The van der Waals surface area contributed by atoms with Crippen LogP contribution in [0.25, 0.3) is 11.1 Å². The predicted molar refractivity (Wildman–Crippen MR) is 134 cm³/mol. The lowest BCUT2D eigenvalue weighted by Gasteiger charge is -2.24. The second-order valence-electron chi connectivity index (χ2n) is 9.81. The Labute approximate surface area is 200 Å². The first-order valence-electron chi connectivity index (χ1n) is 12.2. The summed E-state index contributed by atoms with van der Waals surface area (Å²) < 4.78 is 20.1. The second kappa shape index (κ2) is 9.01. The van der Waals surface area contributed by atoms with Crippen molar-refractivity contribution < 1.29 is 13.9 Å². The Bertz CT molecular complexity index is 1170. The van der Waals surface area contributed by atoms with E-state index in [1.807, 2.05) is 19.9 Å². The zero-order chi connectivity index (χ0) is 23.9. The van der Waals surface area contributed by atoms with Crippen molar-refractivity contribution in [1.82, 2.24) is 10.2 Å². The van der Waals surface area contributed by atoms with E-state index in [-0.39, 0.29) is 11.7 Å². The fourth-order valence-electron chi connectivity index (χ4n) is 5.33. The van der Waals surface area contributed by atoms with Crippen LogP contribution in [0.2, 0.25) is 0 Å². The molecule has 2 aromatic carbocycles. The van der Waals surface area contributed by atoms with Gasteiger partial charge in [-0.3, -0.25) is 9.69 Å². The number of allylic oxidation sites excluding steroid dienone is 1. The van der Waals surface area contributed by atoms with Gasteiger partial charge in [0.2, 0.25) is 0 Å². The molecule has 1 unspecified atom stereocenters. The van der Waals surface area contributed by atoms with Gasteiger partial charge < -0.3 is 15.4 Å². The van der Waals surface area contributed by atoms with Crippen LogP contribution in [-0.2, 0) is 16.1 Å². The summed E-state index contributed by atoms with van der Waals surface area (Å²) in [6.07, 6.45) is 4.49. The van der Waals surface area contributed by atoms with E-state index < -0.39 is 5.60 Å². The Balaban J connectivity index is 1.33. The number of nitrogens with zero attached hydrogens (tertiary/aromatic N) is 1. The third-order valence-electron chi connectivity index (χ3n) is 7.14. The number of likely N-dealkylation sites (N-methyl/N-ethyl adjacent to an activating group) is 1. The van der Waals surface area contributed by atoms with Crippen molar-refractivity contribution in [2.75, 3.05) is 25.0 Å². The van der Waals surface area contributed by atoms with Gasteiger partial charge in [0, 0.05) is 36.0 Å². The molecule has 2 N–H and O–H groups in total. The third kappa shape index (κ3) is 4.28. The van der Waals surface area contributed by atoms with Gasteiger partial charge in [-0.1, -0.05) is 31.2 Å². The number of amides is 1. The van der Waals surface area contributed by atoms with Crippen molar-refractivity contribution in [3.05, 3.63) is 76.8 Å². The molecule has 3 aliphatic rings. The maximum atomic E-state index is 13.9. The molecule has 5 rings (SSSR count). The minimum absolute atomic E-state index is 0.269. The van der Waals surface area contributed by atoms with E-state index in [1.54, 1.807) is 6.07 Å². The maximum absolute atomic E-state index is 13.9. The molecular formula is C28H32FN3O2. The average Bonchev–Trinajstić information content (AvgIpc) is 3.48. The number of hydrogen-bond acceptors (Lipinski definition) is 4. The molecule has 0 bridgehead atoms. The molecule has 1 atom stereocenters. The van der Waals surface area contributed by atoms with Crippen molar-refractivity contribution in [3.63, 3.8) is 0 Å². The summed E-state index contributed by atoms with van der Waals surface area (Å²) in [5.41, 5.74) is 4.20. The van der Waals surface area contributed by atoms with Gasteiger partial charge in [0.1, 0.15) is 17.2 Å². The summed E-state index contributed by atoms with van der Waals surface area (Å²) in [5.74, 6) is -0.173. The number of carbonyl (C=O) groups is 1. The van der Waals surface area contributed by atoms with Crippen LogP contribution in [0, 0.1) is 5.82 Å². The third-order valence-corrected chi connectivity index (χ3v) is 7.14. The molecule has 1 fully saturated rings. The summed E-state index contributed by atoms with van der Waals surface area (Å²) in [6, 6.07) is 13.5. The van der Waals surface area contributed by atoms with Crippen LogP contribution in [0.1, 0.15) is 50.3 Å². The van der Waals surface area contributed by atoms with E-state index >= 15 is 0 Å². The number of ether oxygens (including phenoxy) is 1. The first-order valence-corrected chi connectivity index (χ1v) is 12.2. The summed E-state index contributed by atoms with van der Waals surface area (Å²) >= 11 is 0. The number of benzene rings is 2. The number of anilines is 1. The Morgan fingerprint density at radius 2 is 2.00 bits per heavy atom. The normalized spacial score (nSPS) is 23.6. The predicted octanol–water partition coefficient (Wildman–Crippen LogP) is 4.96. The molecule has 0 radical (unpaired) electrons. The largest absolute Gasteiger partial charge is 0.482 e. The molecule has 3 heterocycles. The fraction of sp³-hybridized carbons (Fsp3) is 0.393. The summed E-state index contributed by atoms with van der Waals surface area (Å²) in [4.78, 5) is 15.2. The lowest BCUT2D eigenvalue weighted by molar-refractivity contribution is -0.111. The van der Waals surface area contributed by atoms with Gasteiger partial charge in [-0.25, -0.2) is 4.39 Å². The van der Waals surface area contributed by atoms with Crippen LogP contribution >= 0.6 is 0 Å². The monoisotopic (exact) mass is 461 g/mol. The molecule has 178 valence electrons. The Hall–Kier alpha value is -2.96. The number of nitrogens with one attached hydrogen (secondary N) is 2. The highest BCUT2D eigenvalue weighted by molar-refractivity contribution is 6.32. The van der Waals surface area contributed by atoms with Crippen molar-refractivity contribution in [3.8, 4) is 0 Å². The second-order valence-corrected chi connectivity index (χ2v) is 9.81. The number of fused-ring (bicyclic) bond motifs is 1. The Kier molecular flexibility index (Phi) is 6.04. The van der Waals surface area contributed by atoms with Gasteiger partial charge in [0.05, 0.1) is 5.57 Å². The molecule has 1 amide bonds. The van der Waals surface area contributed by atoms with E-state index in [2.05, 4.69) is 46.7 Å². The molecule has 2 aromatic rings. The molecule has 5 nitrogen and oxygen atoms in total. The molecule has 34 heavy (non-hydrogen) atoms. The molecule has 3 aliphatic heterocycles. The summed E-state index contributed by atoms with van der Waals surface area (Å²) in [7, 11) is 0. The van der Waals surface area contributed by atoms with E-state index in [1.165, 1.54) is 37.1 Å². The number of rotatable bonds is 6. The van der Waals surface area contributed by atoms with E-state index in [0.717, 1.165) is 30.8 Å². The van der Waals surface area contributed by atoms with E-state index in [0.29, 0.717) is 28.6 Å². The van der Waals surface area contributed by atoms with Gasteiger partial charge >= 0.3 is 0 Å². The van der Waals surface area contributed by atoms with E-state index in [9.17, 15) is 9.18 Å². The lowest BCUT2D eigenvalue weighted by Crippen LogP contribution is -2.37. The number of carbonyl (C=O) groups excluding carboxylic acids is 1. The highest BCUT2D eigenvalue weighted by atomic mass is 19.1. The Morgan fingerprint density at radius 1 is 1.21 bits per heavy atom. The van der Waals surface area contributed by atoms with Crippen LogP contribution in [-0.4, -0.2) is 42.1 Å². The van der Waals surface area contributed by atoms with Crippen LogP contribution < -0.4 is 10.6 Å². The van der Waals surface area contributed by atoms with E-state index in [4.69, 9.17) is 4.74 Å². The minimum Gasteiger partial charge on any atom is -0.482 e. The molecule has 0 saturated carbocycles. The molecule has 0 spiro atoms. The molecule has 0 aliphatic carbocycles. The van der Waals surface area contributed by atoms with Gasteiger partial charge in [-0.15, -0.1) is 0 Å². The van der Waals surface area contributed by atoms with Gasteiger partial charge in [-0.2, -0.15) is 0 Å². The molecule has 1 saturated heterocycles. The highest BCUT2D eigenvalue weighted by Crippen LogP contribution is 2.44. The topological polar surface area (TPSA) is 53.6 Å². The van der Waals surface area contributed by atoms with Crippen molar-refractivity contribution in [1.29, 1.82) is 0 Å². The summed E-state index contributed by atoms with van der Waals surface area (Å²) in [6.45, 7) is 10.4. The lowest BCUT2D eigenvalue weighted by atomic mass is 9.91. The smallest absolute Gasteiger partial charge is 0.260 e. The van der Waals surface area contributed by atoms with Crippen molar-refractivity contribution in [2.45, 2.75) is 51.8 Å². The molecular weight excluding hydrogens is 429 g/mol. The fourth-order valence-corrected chi connectivity index (χ4v) is 5.33. The van der Waals surface area contributed by atoms with Crippen LogP contribution in [0.4, 0.5) is 10.1 Å². The first-order chi connectivity index (χ1) is 16.4. The SMILES string of the molecule is CCN1CCCC1CNCc1ccc(C2=C/C(=C3\C(=O)Nc4ccc(F)cc43)OC2(C)C)cc1. The highest BCUT2D eigenvalue weighted by Gasteiger charge is 2.38. The molecule has 6 heteroatoms. The average molecular weight is 462 g/mol. The number of hydrogen-bond donors (Lipinski definition) is 2. The minimum atomic E-state index is -0.607.